The summed E-state index contributed by atoms with van der Waals surface area (Å²) in [5.41, 5.74) is 1.53. The van der Waals surface area contributed by atoms with Crippen molar-refractivity contribution in [3.8, 4) is 0 Å². The summed E-state index contributed by atoms with van der Waals surface area (Å²) in [6.45, 7) is 0.350. The molecule has 0 fully saturated rings. The van der Waals surface area contributed by atoms with Gasteiger partial charge in [0.2, 0.25) is 0 Å². The molecule has 0 aliphatic rings. The van der Waals surface area contributed by atoms with Gasteiger partial charge in [-0.2, -0.15) is 0 Å². The van der Waals surface area contributed by atoms with E-state index in [0.717, 1.165) is 11.3 Å². The fourth-order valence-electron chi connectivity index (χ4n) is 1.64. The Hall–Kier alpha value is -0.930. The van der Waals surface area contributed by atoms with Crippen molar-refractivity contribution in [3.63, 3.8) is 0 Å². The van der Waals surface area contributed by atoms with Crippen molar-refractivity contribution in [2.24, 2.45) is 0 Å². The molecule has 2 N–H and O–H groups in total. The normalized spacial score (nSPS) is 12.2. The highest BCUT2D eigenvalue weighted by Gasteiger charge is 2.08. The molecule has 2 aromatic carbocycles. The Bertz CT molecular complexity index is 557. The minimum absolute atomic E-state index is 0.350. The molecule has 5 heteroatoms. The molecule has 0 spiro atoms. The molecule has 0 saturated carbocycles. The van der Waals surface area contributed by atoms with Crippen molar-refractivity contribution in [2.45, 2.75) is 6.10 Å². The lowest BCUT2D eigenvalue weighted by atomic mass is 10.1. The molecule has 1 atom stereocenters. The summed E-state index contributed by atoms with van der Waals surface area (Å²) in [6.07, 6.45) is -0.635. The monoisotopic (exact) mass is 315 g/mol. The molecule has 0 aliphatic carbocycles. The van der Waals surface area contributed by atoms with E-state index in [0.29, 0.717) is 21.6 Å². The highest BCUT2D eigenvalue weighted by Crippen LogP contribution is 2.26. The summed E-state index contributed by atoms with van der Waals surface area (Å²) in [5, 5.41) is 14.9. The van der Waals surface area contributed by atoms with Gasteiger partial charge in [-0.05, 0) is 35.9 Å². The largest absolute Gasteiger partial charge is 0.387 e. The van der Waals surface area contributed by atoms with Gasteiger partial charge in [0, 0.05) is 16.6 Å². The topological polar surface area (TPSA) is 32.3 Å². The van der Waals surface area contributed by atoms with E-state index < -0.39 is 6.10 Å². The molecule has 0 bridgehead atoms. The van der Waals surface area contributed by atoms with Crippen LogP contribution in [-0.2, 0) is 0 Å². The number of rotatable bonds is 4. The fraction of sp³-hybridized carbons (Fsp3) is 0.143. The van der Waals surface area contributed by atoms with Crippen molar-refractivity contribution in [3.05, 3.63) is 63.1 Å². The standard InChI is InChI=1S/C14H12Cl3NO/c15-10-3-1-9(2-4-10)14(19)8-18-13-6-5-11(16)7-12(13)17/h1-7,14,18-19H,8H2. The zero-order valence-corrected chi connectivity index (χ0v) is 12.2. The molecule has 0 radical (unpaired) electrons. The zero-order valence-electron chi connectivity index (χ0n) is 9.91. The van der Waals surface area contributed by atoms with Crippen molar-refractivity contribution >= 4 is 40.5 Å². The predicted molar refractivity (Wildman–Crippen MR) is 81.4 cm³/mol. The number of aliphatic hydroxyl groups is 1. The van der Waals surface area contributed by atoms with E-state index in [1.165, 1.54) is 0 Å². The number of aliphatic hydroxyl groups excluding tert-OH is 1. The van der Waals surface area contributed by atoms with Crippen molar-refractivity contribution in [1.29, 1.82) is 0 Å². The van der Waals surface area contributed by atoms with Gasteiger partial charge >= 0.3 is 0 Å². The van der Waals surface area contributed by atoms with Crippen LogP contribution in [0.4, 0.5) is 5.69 Å². The van der Waals surface area contributed by atoms with E-state index in [1.54, 1.807) is 42.5 Å². The summed E-state index contributed by atoms with van der Waals surface area (Å²) < 4.78 is 0. The molecule has 0 amide bonds. The number of hydrogen-bond acceptors (Lipinski definition) is 2. The Morgan fingerprint density at radius 3 is 2.21 bits per heavy atom. The van der Waals surface area contributed by atoms with Gasteiger partial charge < -0.3 is 10.4 Å². The molecule has 100 valence electrons. The minimum atomic E-state index is -0.635. The maximum atomic E-state index is 10.0. The van der Waals surface area contributed by atoms with E-state index in [9.17, 15) is 5.11 Å². The van der Waals surface area contributed by atoms with E-state index in [1.807, 2.05) is 0 Å². The number of benzene rings is 2. The van der Waals surface area contributed by atoms with Crippen LogP contribution in [0.2, 0.25) is 15.1 Å². The van der Waals surface area contributed by atoms with Gasteiger partial charge in [0.25, 0.3) is 0 Å². The molecule has 2 aromatic rings. The van der Waals surface area contributed by atoms with Crippen LogP contribution in [0.25, 0.3) is 0 Å². The second-order valence-corrected chi connectivity index (χ2v) is 5.35. The van der Waals surface area contributed by atoms with Gasteiger partial charge in [-0.3, -0.25) is 0 Å². The van der Waals surface area contributed by atoms with Crippen LogP contribution in [0.1, 0.15) is 11.7 Å². The van der Waals surface area contributed by atoms with Gasteiger partial charge in [-0.15, -0.1) is 0 Å². The molecule has 0 saturated heterocycles. The molecule has 2 rings (SSSR count). The average molecular weight is 317 g/mol. The van der Waals surface area contributed by atoms with Gasteiger partial charge in [-0.25, -0.2) is 0 Å². The second kappa shape index (κ2) is 6.49. The van der Waals surface area contributed by atoms with E-state index in [4.69, 9.17) is 34.8 Å². The number of nitrogens with one attached hydrogen (secondary N) is 1. The first-order valence-electron chi connectivity index (χ1n) is 5.69. The summed E-state index contributed by atoms with van der Waals surface area (Å²) >= 11 is 17.6. The van der Waals surface area contributed by atoms with E-state index >= 15 is 0 Å². The highest BCUT2D eigenvalue weighted by atomic mass is 35.5. The van der Waals surface area contributed by atoms with Gasteiger partial charge in [0.1, 0.15) is 0 Å². The predicted octanol–water partition coefficient (Wildman–Crippen LogP) is 4.79. The summed E-state index contributed by atoms with van der Waals surface area (Å²) in [6, 6.07) is 12.2. The summed E-state index contributed by atoms with van der Waals surface area (Å²) in [7, 11) is 0. The van der Waals surface area contributed by atoms with Gasteiger partial charge in [0.05, 0.1) is 16.8 Å². The van der Waals surface area contributed by atoms with Crippen LogP contribution in [0.3, 0.4) is 0 Å². The highest BCUT2D eigenvalue weighted by molar-refractivity contribution is 6.36. The van der Waals surface area contributed by atoms with Crippen molar-refractivity contribution in [2.75, 3.05) is 11.9 Å². The molecular weight excluding hydrogens is 305 g/mol. The van der Waals surface area contributed by atoms with Crippen molar-refractivity contribution < 1.29 is 5.11 Å². The van der Waals surface area contributed by atoms with Crippen LogP contribution in [0.15, 0.2) is 42.5 Å². The molecule has 0 heterocycles. The Morgan fingerprint density at radius 2 is 1.58 bits per heavy atom. The third-order valence-corrected chi connectivity index (χ3v) is 3.47. The fourth-order valence-corrected chi connectivity index (χ4v) is 2.24. The average Bonchev–Trinajstić information content (AvgIpc) is 2.38. The SMILES string of the molecule is OC(CNc1ccc(Cl)cc1Cl)c1ccc(Cl)cc1. The van der Waals surface area contributed by atoms with Gasteiger partial charge in [-0.1, -0.05) is 46.9 Å². The van der Waals surface area contributed by atoms with Crippen molar-refractivity contribution in [1.82, 2.24) is 0 Å². The number of halogens is 3. The third kappa shape index (κ3) is 4.02. The van der Waals surface area contributed by atoms with E-state index in [-0.39, 0.29) is 0 Å². The van der Waals surface area contributed by atoms with Crippen LogP contribution < -0.4 is 5.32 Å². The molecule has 19 heavy (non-hydrogen) atoms. The number of anilines is 1. The lowest BCUT2D eigenvalue weighted by molar-refractivity contribution is 0.191. The first-order valence-corrected chi connectivity index (χ1v) is 6.82. The molecule has 0 aliphatic heterocycles. The molecular formula is C14H12Cl3NO. The second-order valence-electron chi connectivity index (χ2n) is 4.07. The molecule has 0 aromatic heterocycles. The van der Waals surface area contributed by atoms with Crippen LogP contribution in [-0.4, -0.2) is 11.7 Å². The molecule has 2 nitrogen and oxygen atoms in total. The first-order chi connectivity index (χ1) is 9.06. The lowest BCUT2D eigenvalue weighted by Crippen LogP contribution is -2.12. The Labute approximate surface area is 126 Å². The Balaban J connectivity index is 2.00. The maximum Gasteiger partial charge on any atom is 0.0962 e. The van der Waals surface area contributed by atoms with Gasteiger partial charge in [0.15, 0.2) is 0 Å². The summed E-state index contributed by atoms with van der Waals surface area (Å²) in [4.78, 5) is 0. The smallest absolute Gasteiger partial charge is 0.0962 e. The Morgan fingerprint density at radius 1 is 0.947 bits per heavy atom. The number of hydrogen-bond donors (Lipinski definition) is 2. The molecule has 1 unspecified atom stereocenters. The van der Waals surface area contributed by atoms with Crippen LogP contribution in [0.5, 0.6) is 0 Å². The maximum absolute atomic E-state index is 10.0. The zero-order chi connectivity index (χ0) is 13.8. The van der Waals surface area contributed by atoms with Crippen LogP contribution in [0, 0.1) is 0 Å². The summed E-state index contributed by atoms with van der Waals surface area (Å²) in [5.74, 6) is 0. The quantitative estimate of drug-likeness (QED) is 0.850. The first kappa shape index (κ1) is 14.5. The Kier molecular flexibility index (Phi) is 4.94. The van der Waals surface area contributed by atoms with E-state index in [2.05, 4.69) is 5.32 Å². The minimum Gasteiger partial charge on any atom is -0.387 e. The van der Waals surface area contributed by atoms with Crippen LogP contribution >= 0.6 is 34.8 Å². The third-order valence-electron chi connectivity index (χ3n) is 2.67. The lowest BCUT2D eigenvalue weighted by Gasteiger charge is -2.14.